The van der Waals surface area contributed by atoms with Crippen molar-refractivity contribution in [2.75, 3.05) is 10.6 Å². The molecule has 132 valence electrons. The molecule has 0 bridgehead atoms. The predicted molar refractivity (Wildman–Crippen MR) is 92.6 cm³/mol. The number of benzene rings is 2. The summed E-state index contributed by atoms with van der Waals surface area (Å²) in [5.74, 6) is -1.92. The molecule has 0 saturated carbocycles. The molecule has 3 rings (SSSR count). The number of hydrogen-bond donors (Lipinski definition) is 2. The fraction of sp³-hybridized carbons (Fsp3) is 0.0526. The number of carbonyl (C=O) groups is 1. The Labute approximate surface area is 147 Å². The van der Waals surface area contributed by atoms with Crippen molar-refractivity contribution < 1.29 is 18.0 Å². The van der Waals surface area contributed by atoms with E-state index >= 15 is 0 Å². The molecular weight excluding hydrogens is 343 g/mol. The third-order valence-electron chi connectivity index (χ3n) is 3.55. The third-order valence-corrected chi connectivity index (χ3v) is 3.55. The average molecular weight is 357 g/mol. The lowest BCUT2D eigenvalue weighted by atomic mass is 10.1. The first kappa shape index (κ1) is 17.5. The highest BCUT2D eigenvalue weighted by molar-refractivity contribution is 5.92. The molecule has 4 nitrogen and oxygen atoms in total. The van der Waals surface area contributed by atoms with Crippen LogP contribution in [0.1, 0.15) is 5.56 Å². The summed E-state index contributed by atoms with van der Waals surface area (Å²) in [4.78, 5) is 16.0. The average Bonchev–Trinajstić information content (AvgIpc) is 2.61. The molecule has 0 radical (unpaired) electrons. The standard InChI is InChI=1S/C19H14F3N3O/c20-13-5-7-17(16(22)10-13)25-18-8-6-14(11-23-18)24-19(26)9-12-3-1-2-4-15(12)21/h1-8,10-11H,9H2,(H,23,25)(H,24,26). The molecule has 7 heteroatoms. The number of nitrogens with one attached hydrogen (secondary N) is 2. The molecule has 0 fully saturated rings. The van der Waals surface area contributed by atoms with Crippen LogP contribution in [0.15, 0.2) is 60.8 Å². The first-order valence-electron chi connectivity index (χ1n) is 7.72. The molecule has 1 amide bonds. The second kappa shape index (κ2) is 7.69. The van der Waals surface area contributed by atoms with Gasteiger partial charge in [0.1, 0.15) is 23.3 Å². The summed E-state index contributed by atoms with van der Waals surface area (Å²) in [6, 6.07) is 12.3. The highest BCUT2D eigenvalue weighted by Crippen LogP contribution is 2.20. The van der Waals surface area contributed by atoms with Gasteiger partial charge in [0, 0.05) is 6.07 Å². The topological polar surface area (TPSA) is 54.0 Å². The molecule has 2 aromatic carbocycles. The van der Waals surface area contributed by atoms with Crippen molar-refractivity contribution in [3.63, 3.8) is 0 Å². The van der Waals surface area contributed by atoms with Crippen LogP contribution in [0.2, 0.25) is 0 Å². The minimum absolute atomic E-state index is 0.0789. The quantitative estimate of drug-likeness (QED) is 0.711. The number of aromatic nitrogens is 1. The lowest BCUT2D eigenvalue weighted by Crippen LogP contribution is -2.15. The first-order valence-corrected chi connectivity index (χ1v) is 7.72. The van der Waals surface area contributed by atoms with Crippen LogP contribution in [-0.2, 0) is 11.2 Å². The van der Waals surface area contributed by atoms with Crippen molar-refractivity contribution in [3.8, 4) is 0 Å². The van der Waals surface area contributed by atoms with E-state index in [2.05, 4.69) is 15.6 Å². The fourth-order valence-corrected chi connectivity index (χ4v) is 2.29. The molecule has 3 aromatic rings. The van der Waals surface area contributed by atoms with Gasteiger partial charge in [-0.2, -0.15) is 0 Å². The normalized spacial score (nSPS) is 10.4. The second-order valence-electron chi connectivity index (χ2n) is 5.50. The Bertz CT molecular complexity index is 930. The van der Waals surface area contributed by atoms with Gasteiger partial charge in [-0.25, -0.2) is 18.2 Å². The van der Waals surface area contributed by atoms with E-state index in [1.165, 1.54) is 30.5 Å². The number of anilines is 3. The van der Waals surface area contributed by atoms with Crippen molar-refractivity contribution in [2.24, 2.45) is 0 Å². The van der Waals surface area contributed by atoms with Crippen LogP contribution < -0.4 is 10.6 Å². The summed E-state index contributed by atoms with van der Waals surface area (Å²) in [5.41, 5.74) is 0.787. The molecule has 0 unspecified atom stereocenters. The Morgan fingerprint density at radius 1 is 0.962 bits per heavy atom. The van der Waals surface area contributed by atoms with Crippen molar-refractivity contribution >= 4 is 23.1 Å². The number of hydrogen-bond acceptors (Lipinski definition) is 3. The molecule has 0 spiro atoms. The minimum atomic E-state index is -0.742. The van der Waals surface area contributed by atoms with E-state index in [0.717, 1.165) is 12.1 Å². The van der Waals surface area contributed by atoms with Gasteiger partial charge in [0.25, 0.3) is 0 Å². The molecule has 0 aliphatic heterocycles. The van der Waals surface area contributed by atoms with Gasteiger partial charge >= 0.3 is 0 Å². The predicted octanol–water partition coefficient (Wildman–Crippen LogP) is 4.42. The number of amides is 1. The molecule has 2 N–H and O–H groups in total. The molecule has 1 aromatic heterocycles. The number of pyridine rings is 1. The van der Waals surface area contributed by atoms with Crippen LogP contribution in [0.3, 0.4) is 0 Å². The first-order chi connectivity index (χ1) is 12.5. The van der Waals surface area contributed by atoms with Crippen molar-refractivity contribution in [2.45, 2.75) is 6.42 Å². The Hall–Kier alpha value is -3.35. The highest BCUT2D eigenvalue weighted by Gasteiger charge is 2.09. The molecule has 1 heterocycles. The zero-order valence-corrected chi connectivity index (χ0v) is 13.5. The smallest absolute Gasteiger partial charge is 0.228 e. The van der Waals surface area contributed by atoms with E-state index in [0.29, 0.717) is 17.1 Å². The zero-order chi connectivity index (χ0) is 18.5. The third kappa shape index (κ3) is 4.38. The van der Waals surface area contributed by atoms with E-state index in [1.807, 2.05) is 0 Å². The maximum Gasteiger partial charge on any atom is 0.228 e. The number of rotatable bonds is 5. The lowest BCUT2D eigenvalue weighted by molar-refractivity contribution is -0.115. The van der Waals surface area contributed by atoms with Crippen LogP contribution in [0.4, 0.5) is 30.4 Å². The Kier molecular flexibility index (Phi) is 5.17. The van der Waals surface area contributed by atoms with E-state index in [9.17, 15) is 18.0 Å². The summed E-state index contributed by atoms with van der Waals surface area (Å²) in [5, 5.41) is 5.32. The summed E-state index contributed by atoms with van der Waals surface area (Å²) < 4.78 is 40.1. The number of halogens is 3. The largest absolute Gasteiger partial charge is 0.338 e. The van der Waals surface area contributed by atoms with Gasteiger partial charge in [-0.3, -0.25) is 4.79 Å². The summed E-state index contributed by atoms with van der Waals surface area (Å²) in [7, 11) is 0. The maximum atomic E-state index is 13.6. The van der Waals surface area contributed by atoms with E-state index < -0.39 is 17.5 Å². The van der Waals surface area contributed by atoms with Crippen LogP contribution >= 0.6 is 0 Å². The van der Waals surface area contributed by atoms with Gasteiger partial charge in [-0.05, 0) is 35.9 Å². The van der Waals surface area contributed by atoms with Gasteiger partial charge in [0.2, 0.25) is 5.91 Å². The molecule has 0 atom stereocenters. The van der Waals surface area contributed by atoms with Gasteiger partial charge < -0.3 is 10.6 Å². The van der Waals surface area contributed by atoms with E-state index in [-0.39, 0.29) is 18.0 Å². The molecule has 0 saturated heterocycles. The zero-order valence-electron chi connectivity index (χ0n) is 13.5. The minimum Gasteiger partial charge on any atom is -0.338 e. The van der Waals surface area contributed by atoms with Gasteiger partial charge in [-0.1, -0.05) is 18.2 Å². The molecule has 0 aliphatic carbocycles. The monoisotopic (exact) mass is 357 g/mol. The second-order valence-corrected chi connectivity index (χ2v) is 5.50. The van der Waals surface area contributed by atoms with Crippen LogP contribution in [0, 0.1) is 17.5 Å². The lowest BCUT2D eigenvalue weighted by Gasteiger charge is -2.09. The summed E-state index contributed by atoms with van der Waals surface area (Å²) in [6.07, 6.45) is 1.27. The van der Waals surface area contributed by atoms with Gasteiger partial charge in [0.15, 0.2) is 0 Å². The van der Waals surface area contributed by atoms with Crippen LogP contribution in [0.5, 0.6) is 0 Å². The summed E-state index contributed by atoms with van der Waals surface area (Å²) >= 11 is 0. The Morgan fingerprint density at radius 2 is 1.77 bits per heavy atom. The van der Waals surface area contributed by atoms with Crippen molar-refractivity contribution in [3.05, 3.63) is 83.8 Å². The SMILES string of the molecule is O=C(Cc1ccccc1F)Nc1ccc(Nc2ccc(F)cc2F)nc1. The molecule has 26 heavy (non-hydrogen) atoms. The molecular formula is C19H14F3N3O. The van der Waals surface area contributed by atoms with Crippen molar-refractivity contribution in [1.82, 2.24) is 4.98 Å². The maximum absolute atomic E-state index is 13.6. The van der Waals surface area contributed by atoms with E-state index in [4.69, 9.17) is 0 Å². The van der Waals surface area contributed by atoms with Crippen LogP contribution in [0.25, 0.3) is 0 Å². The highest BCUT2D eigenvalue weighted by atomic mass is 19.1. The van der Waals surface area contributed by atoms with E-state index in [1.54, 1.807) is 18.2 Å². The van der Waals surface area contributed by atoms with Gasteiger partial charge in [-0.15, -0.1) is 0 Å². The number of nitrogens with zero attached hydrogens (tertiary/aromatic N) is 1. The fourth-order valence-electron chi connectivity index (χ4n) is 2.29. The summed E-state index contributed by atoms with van der Waals surface area (Å²) in [6.45, 7) is 0. The number of carbonyl (C=O) groups excluding carboxylic acids is 1. The van der Waals surface area contributed by atoms with Gasteiger partial charge in [0.05, 0.1) is 24.0 Å². The molecule has 0 aliphatic rings. The Balaban J connectivity index is 1.62. The van der Waals surface area contributed by atoms with Crippen molar-refractivity contribution in [1.29, 1.82) is 0 Å². The van der Waals surface area contributed by atoms with Crippen LogP contribution in [-0.4, -0.2) is 10.9 Å². The Morgan fingerprint density at radius 3 is 2.46 bits per heavy atom.